The second kappa shape index (κ2) is 8.43. The van der Waals surface area contributed by atoms with E-state index in [4.69, 9.17) is 4.98 Å². The number of imidazole rings is 2. The monoisotopic (exact) mass is 588 g/mol. The molecule has 8 heteroatoms. The van der Waals surface area contributed by atoms with Crippen LogP contribution in [0.25, 0.3) is 44.5 Å². The Morgan fingerprint density at radius 1 is 0.864 bits per heavy atom. The molecule has 3 aliphatic carbocycles. The quantitative estimate of drug-likeness (QED) is 0.175. The van der Waals surface area contributed by atoms with Crippen molar-refractivity contribution in [1.82, 2.24) is 30.6 Å². The van der Waals surface area contributed by atoms with Gasteiger partial charge < -0.3 is 20.6 Å². The summed E-state index contributed by atoms with van der Waals surface area (Å²) in [4.78, 5) is 16.6. The van der Waals surface area contributed by atoms with Crippen molar-refractivity contribution in [2.75, 3.05) is 6.54 Å². The third-order valence-corrected chi connectivity index (χ3v) is 11.6. The Hall–Kier alpha value is -3.88. The van der Waals surface area contributed by atoms with E-state index in [2.05, 4.69) is 32.5 Å². The van der Waals surface area contributed by atoms with Crippen LogP contribution in [0.2, 0.25) is 0 Å². The number of benzene rings is 3. The Kier molecular flexibility index (Phi) is 4.88. The van der Waals surface area contributed by atoms with Gasteiger partial charge in [-0.25, -0.2) is 9.97 Å². The molecule has 5 aromatic rings. The Morgan fingerprint density at radius 2 is 1.61 bits per heavy atom. The number of H-pyrrole nitrogens is 2. The first-order chi connectivity index (χ1) is 21.3. The van der Waals surface area contributed by atoms with E-state index in [1.165, 1.54) is 32.1 Å². The van der Waals surface area contributed by atoms with Crippen LogP contribution in [-0.2, 0) is 11.5 Å². The Labute approximate surface area is 254 Å². The number of aromatic amines is 2. The maximum atomic E-state index is 16.2. The molecule has 4 atom stereocenters. The molecule has 222 valence electrons. The average Bonchev–Trinajstić information content (AvgIpc) is 3.67. The SMILES string of the molecule is CC1(c2nc3ccc(-c4ccc5c(c4)C(F)(F)c4cc(-c6cnc([C@@H]7CC8(CC8)CN7)[nH]6)ccc4-5)cc3[nH]2)NC2CCC1C2. The molecule has 3 unspecified atom stereocenters. The number of nitrogens with one attached hydrogen (secondary N) is 4. The molecule has 1 spiro atoms. The van der Waals surface area contributed by atoms with Crippen LogP contribution >= 0.6 is 0 Å². The standard InChI is InChI=1S/C36H34F2N6/c1-34(22-5-6-23(15-22)44-34)33-42-28-9-4-20(14-29(28)43-33)19-2-7-24-25-8-3-21(13-27(25)36(37,38)26(24)12-19)31-17-39-32(41-31)30-16-35(10-11-35)18-40-30/h2-4,7-9,12-14,17,22-23,30,40,44H,5-6,10-11,15-16,18H2,1H3,(H,39,41)(H,42,43)/t22?,23?,30-,34?/m0/s1. The molecule has 4 fully saturated rings. The number of hydrogen-bond donors (Lipinski definition) is 4. The molecule has 5 aliphatic rings. The summed E-state index contributed by atoms with van der Waals surface area (Å²) >= 11 is 0. The van der Waals surface area contributed by atoms with Crippen LogP contribution in [0.15, 0.2) is 60.8 Å². The van der Waals surface area contributed by atoms with Crippen molar-refractivity contribution in [2.45, 2.75) is 69.0 Å². The smallest absolute Gasteiger partial charge is 0.299 e. The van der Waals surface area contributed by atoms with Gasteiger partial charge in [0.1, 0.15) is 11.6 Å². The van der Waals surface area contributed by atoms with E-state index in [1.807, 2.05) is 42.5 Å². The topological polar surface area (TPSA) is 81.4 Å². The molecule has 4 N–H and O–H groups in total. The van der Waals surface area contributed by atoms with Gasteiger partial charge in [-0.05, 0) is 103 Å². The third-order valence-electron chi connectivity index (χ3n) is 11.6. The van der Waals surface area contributed by atoms with Gasteiger partial charge in [0.25, 0.3) is 5.92 Å². The molecule has 2 aliphatic heterocycles. The summed E-state index contributed by atoms with van der Waals surface area (Å²) in [5, 5.41) is 7.37. The van der Waals surface area contributed by atoms with Gasteiger partial charge in [0.2, 0.25) is 0 Å². The molecule has 10 rings (SSSR count). The Morgan fingerprint density at radius 3 is 2.34 bits per heavy atom. The lowest BCUT2D eigenvalue weighted by Gasteiger charge is -2.33. The molecule has 4 heterocycles. The van der Waals surface area contributed by atoms with Crippen LogP contribution in [0.1, 0.15) is 74.3 Å². The Balaban J connectivity index is 0.960. The lowest BCUT2D eigenvalue weighted by atomic mass is 9.85. The summed E-state index contributed by atoms with van der Waals surface area (Å²) in [6.45, 7) is 3.29. The zero-order chi connectivity index (χ0) is 29.4. The fourth-order valence-corrected chi connectivity index (χ4v) is 8.77. The van der Waals surface area contributed by atoms with Gasteiger partial charge in [0.15, 0.2) is 0 Å². The van der Waals surface area contributed by atoms with Crippen LogP contribution in [0.3, 0.4) is 0 Å². The number of piperidine rings is 1. The van der Waals surface area contributed by atoms with Crippen molar-refractivity contribution in [3.05, 3.63) is 83.6 Å². The second-order valence-corrected chi connectivity index (χ2v) is 14.3. The Bertz CT molecular complexity index is 2000. The summed E-state index contributed by atoms with van der Waals surface area (Å²) in [5.74, 6) is -0.647. The van der Waals surface area contributed by atoms with E-state index in [0.717, 1.165) is 58.0 Å². The van der Waals surface area contributed by atoms with Crippen molar-refractivity contribution < 1.29 is 8.78 Å². The van der Waals surface area contributed by atoms with E-state index in [-0.39, 0.29) is 22.7 Å². The highest BCUT2D eigenvalue weighted by Crippen LogP contribution is 2.55. The molecule has 3 aromatic carbocycles. The number of alkyl halides is 2. The normalized spacial score (nSPS) is 28.7. The summed E-state index contributed by atoms with van der Waals surface area (Å²) in [5.41, 5.74) is 6.61. The minimum absolute atomic E-state index is 0.0505. The van der Waals surface area contributed by atoms with Crippen LogP contribution in [0.4, 0.5) is 8.78 Å². The second-order valence-electron chi connectivity index (χ2n) is 14.3. The molecule has 6 nitrogen and oxygen atoms in total. The van der Waals surface area contributed by atoms with E-state index < -0.39 is 5.92 Å². The highest BCUT2D eigenvalue weighted by molar-refractivity contribution is 5.87. The van der Waals surface area contributed by atoms with E-state index in [1.54, 1.807) is 18.3 Å². The van der Waals surface area contributed by atoms with Gasteiger partial charge in [-0.1, -0.05) is 30.3 Å². The molecule has 2 saturated heterocycles. The largest absolute Gasteiger partial charge is 0.341 e. The van der Waals surface area contributed by atoms with Gasteiger partial charge in [-0.2, -0.15) is 8.78 Å². The molecule has 2 saturated carbocycles. The average molecular weight is 589 g/mol. The fraction of sp³-hybridized carbons (Fsp3) is 0.389. The van der Waals surface area contributed by atoms with Crippen LogP contribution in [-0.4, -0.2) is 32.5 Å². The minimum Gasteiger partial charge on any atom is -0.341 e. The first-order valence-corrected chi connectivity index (χ1v) is 16.0. The molecule has 0 amide bonds. The highest BCUT2D eigenvalue weighted by Gasteiger charge is 2.51. The number of fused-ring (bicyclic) bond motifs is 6. The predicted octanol–water partition coefficient (Wildman–Crippen LogP) is 7.54. The zero-order valence-corrected chi connectivity index (χ0v) is 24.6. The van der Waals surface area contributed by atoms with Crippen molar-refractivity contribution in [3.63, 3.8) is 0 Å². The summed E-state index contributed by atoms with van der Waals surface area (Å²) in [6, 6.07) is 17.7. The first-order valence-electron chi connectivity index (χ1n) is 16.0. The molecule has 44 heavy (non-hydrogen) atoms. The summed E-state index contributed by atoms with van der Waals surface area (Å²) in [6.07, 6.45) is 9.09. The molecular formula is C36H34F2N6. The number of aromatic nitrogens is 4. The molecule has 2 bridgehead atoms. The van der Waals surface area contributed by atoms with Crippen molar-refractivity contribution in [2.24, 2.45) is 11.3 Å². The van der Waals surface area contributed by atoms with Crippen LogP contribution in [0.5, 0.6) is 0 Å². The zero-order valence-electron chi connectivity index (χ0n) is 24.6. The van der Waals surface area contributed by atoms with E-state index in [9.17, 15) is 0 Å². The van der Waals surface area contributed by atoms with Crippen LogP contribution < -0.4 is 10.6 Å². The predicted molar refractivity (Wildman–Crippen MR) is 166 cm³/mol. The first kappa shape index (κ1) is 25.4. The lowest BCUT2D eigenvalue weighted by Crippen LogP contribution is -2.45. The molecule has 2 aromatic heterocycles. The van der Waals surface area contributed by atoms with Gasteiger partial charge in [-0.15, -0.1) is 0 Å². The van der Waals surface area contributed by atoms with E-state index in [0.29, 0.717) is 28.5 Å². The maximum absolute atomic E-state index is 16.2. The summed E-state index contributed by atoms with van der Waals surface area (Å²) < 4.78 is 32.3. The van der Waals surface area contributed by atoms with Gasteiger partial charge in [-0.3, -0.25) is 0 Å². The highest BCUT2D eigenvalue weighted by atomic mass is 19.3. The minimum atomic E-state index is -3.10. The van der Waals surface area contributed by atoms with E-state index >= 15 is 8.78 Å². The molecular weight excluding hydrogens is 554 g/mol. The van der Waals surface area contributed by atoms with Crippen molar-refractivity contribution in [3.8, 4) is 33.5 Å². The van der Waals surface area contributed by atoms with Crippen molar-refractivity contribution in [1.29, 1.82) is 0 Å². The van der Waals surface area contributed by atoms with Gasteiger partial charge in [0, 0.05) is 29.3 Å². The van der Waals surface area contributed by atoms with Gasteiger partial charge >= 0.3 is 0 Å². The third kappa shape index (κ3) is 3.52. The fourth-order valence-electron chi connectivity index (χ4n) is 8.77. The number of hydrogen-bond acceptors (Lipinski definition) is 4. The lowest BCUT2D eigenvalue weighted by molar-refractivity contribution is 0.0481. The van der Waals surface area contributed by atoms with Gasteiger partial charge in [0.05, 0.1) is 34.5 Å². The number of nitrogens with zero attached hydrogens (tertiary/aromatic N) is 2. The van der Waals surface area contributed by atoms with Crippen molar-refractivity contribution >= 4 is 11.0 Å². The molecule has 0 radical (unpaired) electrons. The van der Waals surface area contributed by atoms with Crippen LogP contribution in [0, 0.1) is 11.3 Å². The maximum Gasteiger partial charge on any atom is 0.299 e. The number of halogens is 2. The number of rotatable bonds is 4. The summed E-state index contributed by atoms with van der Waals surface area (Å²) in [7, 11) is 0.